The molecule has 7 heteroatoms. The van der Waals surface area contributed by atoms with Crippen molar-refractivity contribution in [3.63, 3.8) is 0 Å². The Hall–Kier alpha value is -2.12. The van der Waals surface area contributed by atoms with Crippen LogP contribution in [0.15, 0.2) is 53.0 Å². The van der Waals surface area contributed by atoms with E-state index < -0.39 is 0 Å². The number of benzene rings is 1. The van der Waals surface area contributed by atoms with Gasteiger partial charge in [0.05, 0.1) is 10.1 Å². The van der Waals surface area contributed by atoms with Crippen LogP contribution >= 0.6 is 23.1 Å². The Labute approximate surface area is 154 Å². The van der Waals surface area contributed by atoms with Gasteiger partial charge < -0.3 is 5.32 Å². The molecule has 128 valence electrons. The molecule has 1 unspecified atom stereocenters. The maximum atomic E-state index is 12.3. The highest BCUT2D eigenvalue weighted by molar-refractivity contribution is 8.00. The van der Waals surface area contributed by atoms with Gasteiger partial charge in [0, 0.05) is 11.7 Å². The SMILES string of the molecule is CC(Sc1nnc(-c2cccs2)n1-c1ccccc1)C(=O)NC1CC1. The van der Waals surface area contributed by atoms with Crippen LogP contribution in [-0.4, -0.2) is 32.0 Å². The molecule has 1 amide bonds. The van der Waals surface area contributed by atoms with E-state index in [9.17, 15) is 4.79 Å². The molecule has 0 aliphatic heterocycles. The Bertz CT molecular complexity index is 857. The Morgan fingerprint density at radius 3 is 2.72 bits per heavy atom. The van der Waals surface area contributed by atoms with Crippen LogP contribution in [0.4, 0.5) is 0 Å². The van der Waals surface area contributed by atoms with Crippen LogP contribution in [0.3, 0.4) is 0 Å². The van der Waals surface area contributed by atoms with Gasteiger partial charge in [-0.2, -0.15) is 0 Å². The lowest BCUT2D eigenvalue weighted by Crippen LogP contribution is -2.32. The van der Waals surface area contributed by atoms with E-state index >= 15 is 0 Å². The Morgan fingerprint density at radius 1 is 1.24 bits per heavy atom. The number of thioether (sulfide) groups is 1. The minimum Gasteiger partial charge on any atom is -0.352 e. The normalized spacial score (nSPS) is 15.1. The zero-order valence-electron chi connectivity index (χ0n) is 13.8. The summed E-state index contributed by atoms with van der Waals surface area (Å²) in [7, 11) is 0. The molecule has 5 nitrogen and oxygen atoms in total. The molecule has 2 heterocycles. The van der Waals surface area contributed by atoms with Gasteiger partial charge in [-0.15, -0.1) is 21.5 Å². The second-order valence-corrected chi connectivity index (χ2v) is 8.25. The van der Waals surface area contributed by atoms with Crippen molar-refractivity contribution in [1.29, 1.82) is 0 Å². The number of aromatic nitrogens is 3. The van der Waals surface area contributed by atoms with Gasteiger partial charge in [0.25, 0.3) is 0 Å². The fraction of sp³-hybridized carbons (Fsp3) is 0.278. The first-order valence-electron chi connectivity index (χ1n) is 8.24. The van der Waals surface area contributed by atoms with Crippen LogP contribution in [-0.2, 0) is 4.79 Å². The number of para-hydroxylation sites is 1. The monoisotopic (exact) mass is 370 g/mol. The molecule has 1 atom stereocenters. The third kappa shape index (κ3) is 3.62. The van der Waals surface area contributed by atoms with E-state index in [0.717, 1.165) is 34.4 Å². The van der Waals surface area contributed by atoms with Crippen molar-refractivity contribution < 1.29 is 4.79 Å². The van der Waals surface area contributed by atoms with E-state index in [1.807, 2.05) is 59.3 Å². The molecule has 2 aromatic heterocycles. The fourth-order valence-electron chi connectivity index (χ4n) is 2.48. The molecule has 1 saturated carbocycles. The quantitative estimate of drug-likeness (QED) is 0.671. The average molecular weight is 371 g/mol. The molecule has 0 saturated heterocycles. The standard InChI is InChI=1S/C18H18N4OS2/c1-12(17(23)19-13-9-10-13)25-18-21-20-16(15-8-5-11-24-15)22(18)14-6-3-2-4-7-14/h2-8,11-13H,9-10H2,1H3,(H,19,23). The van der Waals surface area contributed by atoms with Gasteiger partial charge in [-0.1, -0.05) is 36.0 Å². The van der Waals surface area contributed by atoms with E-state index in [4.69, 9.17) is 0 Å². The summed E-state index contributed by atoms with van der Waals surface area (Å²) < 4.78 is 2.03. The van der Waals surface area contributed by atoms with Crippen LogP contribution < -0.4 is 5.32 Å². The van der Waals surface area contributed by atoms with Crippen molar-refractivity contribution in [3.8, 4) is 16.4 Å². The van der Waals surface area contributed by atoms with Crippen molar-refractivity contribution >= 4 is 29.0 Å². The maximum absolute atomic E-state index is 12.3. The second kappa shape index (κ2) is 7.01. The van der Waals surface area contributed by atoms with Gasteiger partial charge in [-0.05, 0) is 43.3 Å². The summed E-state index contributed by atoms with van der Waals surface area (Å²) in [4.78, 5) is 13.3. The minimum absolute atomic E-state index is 0.0628. The first kappa shape index (κ1) is 16.4. The smallest absolute Gasteiger partial charge is 0.233 e. The molecule has 4 rings (SSSR count). The first-order chi connectivity index (χ1) is 12.2. The van der Waals surface area contributed by atoms with Crippen LogP contribution in [0.2, 0.25) is 0 Å². The molecule has 25 heavy (non-hydrogen) atoms. The summed E-state index contributed by atoms with van der Waals surface area (Å²) >= 11 is 3.07. The largest absolute Gasteiger partial charge is 0.352 e. The van der Waals surface area contributed by atoms with Crippen molar-refractivity contribution in [2.24, 2.45) is 0 Å². The third-order valence-corrected chi connectivity index (χ3v) is 5.87. The van der Waals surface area contributed by atoms with Gasteiger partial charge in [-0.25, -0.2) is 0 Å². The lowest BCUT2D eigenvalue weighted by molar-refractivity contribution is -0.120. The number of carbonyl (C=O) groups excluding carboxylic acids is 1. The molecule has 1 fully saturated rings. The van der Waals surface area contributed by atoms with Crippen molar-refractivity contribution in [1.82, 2.24) is 20.1 Å². The molecule has 3 aromatic rings. The summed E-state index contributed by atoms with van der Waals surface area (Å²) in [5.74, 6) is 0.867. The summed E-state index contributed by atoms with van der Waals surface area (Å²) in [5.41, 5.74) is 0.994. The molecular weight excluding hydrogens is 352 g/mol. The number of nitrogens with zero attached hydrogens (tertiary/aromatic N) is 3. The van der Waals surface area contributed by atoms with E-state index in [2.05, 4.69) is 15.5 Å². The predicted octanol–water partition coefficient (Wildman–Crippen LogP) is 3.76. The Balaban J connectivity index is 1.66. The third-order valence-electron chi connectivity index (χ3n) is 3.96. The first-order valence-corrected chi connectivity index (χ1v) is 10.00. The van der Waals surface area contributed by atoms with E-state index in [0.29, 0.717) is 6.04 Å². The van der Waals surface area contributed by atoms with Crippen LogP contribution in [0.25, 0.3) is 16.4 Å². The van der Waals surface area contributed by atoms with Crippen LogP contribution in [0.5, 0.6) is 0 Å². The maximum Gasteiger partial charge on any atom is 0.233 e. The zero-order valence-corrected chi connectivity index (χ0v) is 15.4. The van der Waals surface area contributed by atoms with Gasteiger partial charge >= 0.3 is 0 Å². The average Bonchev–Trinajstić information content (AvgIpc) is 3.12. The minimum atomic E-state index is -0.219. The Morgan fingerprint density at radius 2 is 2.04 bits per heavy atom. The van der Waals surface area contributed by atoms with E-state index in [1.165, 1.54) is 11.8 Å². The number of amides is 1. The molecule has 1 N–H and O–H groups in total. The molecular formula is C18H18N4OS2. The second-order valence-electron chi connectivity index (χ2n) is 6.00. The fourth-order valence-corrected chi connectivity index (χ4v) is 4.05. The molecule has 0 bridgehead atoms. The topological polar surface area (TPSA) is 59.8 Å². The Kier molecular flexibility index (Phi) is 4.59. The van der Waals surface area contributed by atoms with Gasteiger partial charge in [0.15, 0.2) is 11.0 Å². The van der Waals surface area contributed by atoms with Crippen molar-refractivity contribution in [2.75, 3.05) is 0 Å². The number of thiophene rings is 1. The highest BCUT2D eigenvalue weighted by atomic mass is 32.2. The number of hydrogen-bond donors (Lipinski definition) is 1. The number of hydrogen-bond acceptors (Lipinski definition) is 5. The van der Waals surface area contributed by atoms with Crippen molar-refractivity contribution in [3.05, 3.63) is 47.8 Å². The summed E-state index contributed by atoms with van der Waals surface area (Å²) in [5, 5.41) is 14.3. The van der Waals surface area contributed by atoms with Crippen LogP contribution in [0, 0.1) is 0 Å². The van der Waals surface area contributed by atoms with Crippen molar-refractivity contribution in [2.45, 2.75) is 36.2 Å². The zero-order chi connectivity index (χ0) is 17.2. The summed E-state index contributed by atoms with van der Waals surface area (Å²) in [6, 6.07) is 14.4. The predicted molar refractivity (Wildman–Crippen MR) is 101 cm³/mol. The highest BCUT2D eigenvalue weighted by Crippen LogP contribution is 2.32. The lowest BCUT2D eigenvalue weighted by atomic mass is 10.3. The number of rotatable bonds is 6. The molecule has 1 aliphatic carbocycles. The molecule has 0 radical (unpaired) electrons. The molecule has 0 spiro atoms. The summed E-state index contributed by atoms with van der Waals surface area (Å²) in [6.07, 6.45) is 2.18. The molecule has 1 aromatic carbocycles. The number of carbonyl (C=O) groups is 1. The lowest BCUT2D eigenvalue weighted by Gasteiger charge is -2.13. The van der Waals surface area contributed by atoms with Gasteiger partial charge in [0.1, 0.15) is 0 Å². The van der Waals surface area contributed by atoms with Gasteiger partial charge in [0.2, 0.25) is 5.91 Å². The van der Waals surface area contributed by atoms with Crippen LogP contribution in [0.1, 0.15) is 19.8 Å². The van der Waals surface area contributed by atoms with Gasteiger partial charge in [-0.3, -0.25) is 9.36 Å². The summed E-state index contributed by atoms with van der Waals surface area (Å²) in [6.45, 7) is 1.91. The number of nitrogens with one attached hydrogen (secondary N) is 1. The highest BCUT2D eigenvalue weighted by Gasteiger charge is 2.27. The van der Waals surface area contributed by atoms with E-state index in [-0.39, 0.29) is 11.2 Å². The molecule has 1 aliphatic rings. The van der Waals surface area contributed by atoms with E-state index in [1.54, 1.807) is 11.3 Å².